The van der Waals surface area contributed by atoms with Gasteiger partial charge in [-0.1, -0.05) is 84.1 Å². The van der Waals surface area contributed by atoms with E-state index in [9.17, 15) is 4.79 Å². The third-order valence-corrected chi connectivity index (χ3v) is 6.75. The number of carbonyl (C=O) groups excluding carboxylic acids is 1. The number of anilines is 1. The quantitative estimate of drug-likeness (QED) is 0.483. The lowest BCUT2D eigenvalue weighted by Gasteiger charge is -2.36. The molecule has 1 aliphatic heterocycles. The SMILES string of the molecule is O=C(C(c1ccccc1)c1ccccc1)N1CCN(c2nc3ccccc3s2)CC1. The second kappa shape index (κ2) is 8.28. The van der Waals surface area contributed by atoms with Crippen LogP contribution in [-0.2, 0) is 4.79 Å². The molecule has 0 spiro atoms. The molecule has 1 amide bonds. The van der Waals surface area contributed by atoms with Crippen LogP contribution in [-0.4, -0.2) is 42.0 Å². The number of aromatic nitrogens is 1. The van der Waals surface area contributed by atoms with Crippen molar-refractivity contribution < 1.29 is 4.79 Å². The van der Waals surface area contributed by atoms with Gasteiger partial charge < -0.3 is 9.80 Å². The normalized spacial score (nSPS) is 14.4. The Morgan fingerprint density at radius 3 is 1.93 bits per heavy atom. The van der Waals surface area contributed by atoms with Crippen LogP contribution in [0.25, 0.3) is 10.2 Å². The third-order valence-electron chi connectivity index (χ3n) is 5.66. The minimum atomic E-state index is -0.263. The average molecular weight is 414 g/mol. The summed E-state index contributed by atoms with van der Waals surface area (Å²) in [6.45, 7) is 3.04. The Labute approximate surface area is 180 Å². The first kappa shape index (κ1) is 18.8. The number of hydrogen-bond acceptors (Lipinski definition) is 4. The standard InChI is InChI=1S/C25H23N3OS/c29-24(23(19-9-3-1-4-10-19)20-11-5-2-6-12-20)27-15-17-28(18-16-27)25-26-21-13-7-8-14-22(21)30-25/h1-14,23H,15-18H2. The van der Waals surface area contributed by atoms with Crippen LogP contribution in [0.2, 0.25) is 0 Å². The molecule has 5 heteroatoms. The lowest BCUT2D eigenvalue weighted by molar-refractivity contribution is -0.132. The number of benzene rings is 3. The Bertz CT molecular complexity index is 1060. The van der Waals surface area contributed by atoms with Gasteiger partial charge >= 0.3 is 0 Å². The van der Waals surface area contributed by atoms with E-state index in [1.807, 2.05) is 77.7 Å². The largest absolute Gasteiger partial charge is 0.345 e. The van der Waals surface area contributed by atoms with Crippen molar-refractivity contribution >= 4 is 32.6 Å². The van der Waals surface area contributed by atoms with Crippen LogP contribution in [0.3, 0.4) is 0 Å². The third kappa shape index (κ3) is 3.68. The molecule has 0 bridgehead atoms. The fourth-order valence-electron chi connectivity index (χ4n) is 4.06. The molecule has 3 aromatic carbocycles. The second-order valence-corrected chi connectivity index (χ2v) is 8.54. The molecule has 4 nitrogen and oxygen atoms in total. The zero-order valence-electron chi connectivity index (χ0n) is 16.6. The molecular weight excluding hydrogens is 390 g/mol. The summed E-state index contributed by atoms with van der Waals surface area (Å²) in [6, 6.07) is 28.4. The van der Waals surface area contributed by atoms with Gasteiger partial charge in [-0.15, -0.1) is 0 Å². The van der Waals surface area contributed by atoms with Crippen molar-refractivity contribution in [2.24, 2.45) is 0 Å². The maximum Gasteiger partial charge on any atom is 0.234 e. The molecule has 1 fully saturated rings. The van der Waals surface area contributed by atoms with Gasteiger partial charge in [0.15, 0.2) is 5.13 Å². The summed E-state index contributed by atoms with van der Waals surface area (Å²) in [5.41, 5.74) is 3.13. The van der Waals surface area contributed by atoms with Gasteiger partial charge in [0.25, 0.3) is 0 Å². The van der Waals surface area contributed by atoms with Crippen molar-refractivity contribution in [1.82, 2.24) is 9.88 Å². The number of nitrogens with zero attached hydrogens (tertiary/aromatic N) is 3. The number of fused-ring (bicyclic) bond motifs is 1. The minimum Gasteiger partial charge on any atom is -0.345 e. The maximum absolute atomic E-state index is 13.6. The molecule has 1 aliphatic rings. The summed E-state index contributed by atoms with van der Waals surface area (Å²) in [7, 11) is 0. The van der Waals surface area contributed by atoms with E-state index in [1.54, 1.807) is 11.3 Å². The smallest absolute Gasteiger partial charge is 0.234 e. The molecule has 0 N–H and O–H groups in total. The molecular formula is C25H23N3OS. The highest BCUT2D eigenvalue weighted by atomic mass is 32.1. The predicted molar refractivity (Wildman–Crippen MR) is 123 cm³/mol. The van der Waals surface area contributed by atoms with E-state index < -0.39 is 0 Å². The molecule has 1 aromatic heterocycles. The lowest BCUT2D eigenvalue weighted by Crippen LogP contribution is -2.50. The highest BCUT2D eigenvalue weighted by Crippen LogP contribution is 2.31. The van der Waals surface area contributed by atoms with E-state index in [2.05, 4.69) is 17.0 Å². The molecule has 30 heavy (non-hydrogen) atoms. The molecule has 0 aliphatic carbocycles. The Hall–Kier alpha value is -3.18. The van der Waals surface area contributed by atoms with Crippen LogP contribution < -0.4 is 4.90 Å². The molecule has 0 saturated carbocycles. The van der Waals surface area contributed by atoms with Gasteiger partial charge in [-0.2, -0.15) is 0 Å². The van der Waals surface area contributed by atoms with Crippen LogP contribution in [0.1, 0.15) is 17.0 Å². The van der Waals surface area contributed by atoms with Crippen LogP contribution in [0, 0.1) is 0 Å². The zero-order chi connectivity index (χ0) is 20.3. The number of amides is 1. The fraction of sp³-hybridized carbons (Fsp3) is 0.200. The molecule has 0 radical (unpaired) electrons. The topological polar surface area (TPSA) is 36.4 Å². The lowest BCUT2D eigenvalue weighted by atomic mass is 9.90. The summed E-state index contributed by atoms with van der Waals surface area (Å²) in [6.07, 6.45) is 0. The number of carbonyl (C=O) groups is 1. The number of piperazine rings is 1. The summed E-state index contributed by atoms with van der Waals surface area (Å²) < 4.78 is 1.21. The van der Waals surface area contributed by atoms with Crippen LogP contribution in [0.4, 0.5) is 5.13 Å². The van der Waals surface area contributed by atoms with Crippen molar-refractivity contribution in [2.75, 3.05) is 31.1 Å². The zero-order valence-corrected chi connectivity index (χ0v) is 17.5. The van der Waals surface area contributed by atoms with Crippen molar-refractivity contribution in [1.29, 1.82) is 0 Å². The Balaban J connectivity index is 1.34. The van der Waals surface area contributed by atoms with Gasteiger partial charge in [0.1, 0.15) is 0 Å². The summed E-state index contributed by atoms with van der Waals surface area (Å²) in [5, 5.41) is 1.05. The first-order valence-electron chi connectivity index (χ1n) is 10.3. The first-order valence-corrected chi connectivity index (χ1v) is 11.1. The van der Waals surface area contributed by atoms with Crippen molar-refractivity contribution in [2.45, 2.75) is 5.92 Å². The van der Waals surface area contributed by atoms with Crippen LogP contribution in [0.5, 0.6) is 0 Å². The Kier molecular flexibility index (Phi) is 5.20. The average Bonchev–Trinajstić information content (AvgIpc) is 3.25. The molecule has 1 saturated heterocycles. The van der Waals surface area contributed by atoms with Crippen LogP contribution >= 0.6 is 11.3 Å². The number of hydrogen-bond donors (Lipinski definition) is 0. The summed E-state index contributed by atoms with van der Waals surface area (Å²) in [4.78, 5) is 22.7. The molecule has 2 heterocycles. The fourth-order valence-corrected chi connectivity index (χ4v) is 5.08. The van der Waals surface area contributed by atoms with Crippen molar-refractivity contribution in [3.8, 4) is 0 Å². The van der Waals surface area contributed by atoms with E-state index in [4.69, 9.17) is 4.98 Å². The Morgan fingerprint density at radius 1 is 0.767 bits per heavy atom. The molecule has 150 valence electrons. The predicted octanol–water partition coefficient (Wildman–Crippen LogP) is 4.78. The highest BCUT2D eigenvalue weighted by molar-refractivity contribution is 7.22. The van der Waals surface area contributed by atoms with Crippen molar-refractivity contribution in [3.63, 3.8) is 0 Å². The van der Waals surface area contributed by atoms with Gasteiger partial charge in [-0.25, -0.2) is 4.98 Å². The summed E-state index contributed by atoms with van der Waals surface area (Å²) >= 11 is 1.72. The van der Waals surface area contributed by atoms with E-state index >= 15 is 0 Å². The monoisotopic (exact) mass is 413 g/mol. The number of para-hydroxylation sites is 1. The van der Waals surface area contributed by atoms with E-state index in [0.717, 1.165) is 34.9 Å². The molecule has 5 rings (SSSR count). The van der Waals surface area contributed by atoms with Gasteiger partial charge in [-0.3, -0.25) is 4.79 Å². The highest BCUT2D eigenvalue weighted by Gasteiger charge is 2.30. The van der Waals surface area contributed by atoms with Crippen LogP contribution in [0.15, 0.2) is 84.9 Å². The van der Waals surface area contributed by atoms with Gasteiger partial charge in [0.05, 0.1) is 16.1 Å². The number of rotatable bonds is 4. The second-order valence-electron chi connectivity index (χ2n) is 7.53. The number of thiazole rings is 1. The maximum atomic E-state index is 13.6. The summed E-state index contributed by atoms with van der Waals surface area (Å²) in [5.74, 6) is -0.0854. The first-order chi connectivity index (χ1) is 14.8. The molecule has 0 unspecified atom stereocenters. The minimum absolute atomic E-state index is 0.177. The Morgan fingerprint density at radius 2 is 1.33 bits per heavy atom. The van der Waals surface area contributed by atoms with E-state index in [1.165, 1.54) is 4.70 Å². The van der Waals surface area contributed by atoms with E-state index in [-0.39, 0.29) is 11.8 Å². The molecule has 4 aromatic rings. The van der Waals surface area contributed by atoms with Crippen molar-refractivity contribution in [3.05, 3.63) is 96.1 Å². The van der Waals surface area contributed by atoms with E-state index in [0.29, 0.717) is 13.1 Å². The van der Waals surface area contributed by atoms with Gasteiger partial charge in [0, 0.05) is 26.2 Å². The van der Waals surface area contributed by atoms with Gasteiger partial charge in [0.2, 0.25) is 5.91 Å². The van der Waals surface area contributed by atoms with Gasteiger partial charge in [-0.05, 0) is 23.3 Å². The molecule has 0 atom stereocenters.